The lowest BCUT2D eigenvalue weighted by Gasteiger charge is -2.31. The van der Waals surface area contributed by atoms with Crippen LogP contribution >= 0.6 is 0 Å². The number of unbranched alkanes of at least 4 members (excludes halogenated alkanes) is 11. The fraction of sp³-hybridized carbons (Fsp3) is 0.750. The zero-order valence-corrected chi connectivity index (χ0v) is 17.2. The summed E-state index contributed by atoms with van der Waals surface area (Å²) in [5.74, 6) is 0.469. The molecule has 0 aliphatic carbocycles. The largest absolute Gasteiger partial charge is 0.325 e. The molecule has 0 amide bonds. The highest BCUT2D eigenvalue weighted by atomic mass is 14.7. The lowest BCUT2D eigenvalue weighted by Crippen LogP contribution is -2.39. The van der Waals surface area contributed by atoms with E-state index in [-0.39, 0.29) is 5.54 Å². The van der Waals surface area contributed by atoms with E-state index in [4.69, 9.17) is 5.73 Å². The van der Waals surface area contributed by atoms with Crippen molar-refractivity contribution >= 4 is 0 Å². The van der Waals surface area contributed by atoms with Crippen molar-refractivity contribution in [3.05, 3.63) is 35.9 Å². The van der Waals surface area contributed by atoms with Gasteiger partial charge in [0.2, 0.25) is 0 Å². The van der Waals surface area contributed by atoms with Gasteiger partial charge < -0.3 is 5.73 Å². The maximum Gasteiger partial charge on any atom is 0.0166 e. The zero-order valence-electron chi connectivity index (χ0n) is 17.2. The Balaban J connectivity index is 2.07. The topological polar surface area (TPSA) is 26.0 Å². The third kappa shape index (κ3) is 10.7. The van der Waals surface area contributed by atoms with E-state index in [0.29, 0.717) is 5.92 Å². The molecule has 0 fully saturated rings. The quantitative estimate of drug-likeness (QED) is 0.325. The molecule has 1 aromatic carbocycles. The SMILES string of the molecule is CCCCCCCCCCCCCCC(c1ccccc1)C(C)(C)N. The van der Waals surface area contributed by atoms with E-state index in [0.717, 1.165) is 0 Å². The molecule has 1 rings (SSSR count). The summed E-state index contributed by atoms with van der Waals surface area (Å²) in [6.45, 7) is 6.63. The van der Waals surface area contributed by atoms with Gasteiger partial charge in [-0.3, -0.25) is 0 Å². The highest BCUT2D eigenvalue weighted by Gasteiger charge is 2.25. The minimum Gasteiger partial charge on any atom is -0.325 e. The molecule has 0 saturated heterocycles. The van der Waals surface area contributed by atoms with Crippen LogP contribution in [0.25, 0.3) is 0 Å². The maximum atomic E-state index is 6.45. The second-order valence-electron chi connectivity index (χ2n) is 8.46. The van der Waals surface area contributed by atoms with Crippen molar-refractivity contribution in [1.82, 2.24) is 0 Å². The summed E-state index contributed by atoms with van der Waals surface area (Å²) in [6, 6.07) is 10.8. The minimum atomic E-state index is -0.140. The monoisotopic (exact) mass is 345 g/mol. The molecular weight excluding hydrogens is 302 g/mol. The lowest BCUT2D eigenvalue weighted by molar-refractivity contribution is 0.376. The summed E-state index contributed by atoms with van der Waals surface area (Å²) in [6.07, 6.45) is 18.1. The molecule has 1 heteroatoms. The molecule has 0 aromatic heterocycles. The van der Waals surface area contributed by atoms with Gasteiger partial charge in [-0.15, -0.1) is 0 Å². The Hall–Kier alpha value is -0.820. The van der Waals surface area contributed by atoms with Crippen LogP contribution in [0.15, 0.2) is 30.3 Å². The first-order valence-electron chi connectivity index (χ1n) is 10.9. The number of rotatable bonds is 15. The van der Waals surface area contributed by atoms with Gasteiger partial charge in [-0.05, 0) is 25.8 Å². The van der Waals surface area contributed by atoms with Crippen molar-refractivity contribution in [2.75, 3.05) is 0 Å². The Morgan fingerprint density at radius 2 is 1.16 bits per heavy atom. The average molecular weight is 346 g/mol. The molecule has 1 nitrogen and oxygen atoms in total. The minimum absolute atomic E-state index is 0.140. The normalized spacial score (nSPS) is 13.1. The Morgan fingerprint density at radius 3 is 1.60 bits per heavy atom. The molecule has 0 radical (unpaired) electrons. The van der Waals surface area contributed by atoms with E-state index in [1.165, 1.54) is 89.0 Å². The van der Waals surface area contributed by atoms with Crippen LogP contribution in [-0.4, -0.2) is 5.54 Å². The van der Waals surface area contributed by atoms with Crippen LogP contribution in [0.5, 0.6) is 0 Å². The summed E-state index contributed by atoms with van der Waals surface area (Å²) in [7, 11) is 0. The fourth-order valence-corrected chi connectivity index (χ4v) is 3.84. The first-order chi connectivity index (χ1) is 12.1. The second kappa shape index (κ2) is 13.4. The molecule has 1 aromatic rings. The molecule has 0 spiro atoms. The Morgan fingerprint density at radius 1 is 0.720 bits per heavy atom. The fourth-order valence-electron chi connectivity index (χ4n) is 3.84. The van der Waals surface area contributed by atoms with Crippen molar-refractivity contribution in [2.24, 2.45) is 5.73 Å². The highest BCUT2D eigenvalue weighted by Crippen LogP contribution is 2.31. The Bertz CT molecular complexity index is 404. The average Bonchev–Trinajstić information content (AvgIpc) is 2.58. The van der Waals surface area contributed by atoms with Crippen molar-refractivity contribution in [2.45, 2.75) is 116 Å². The summed E-state index contributed by atoms with van der Waals surface area (Å²) in [4.78, 5) is 0. The van der Waals surface area contributed by atoms with E-state index in [1.807, 2.05) is 0 Å². The molecule has 144 valence electrons. The second-order valence-corrected chi connectivity index (χ2v) is 8.46. The van der Waals surface area contributed by atoms with Crippen molar-refractivity contribution in [1.29, 1.82) is 0 Å². The van der Waals surface area contributed by atoms with Crippen LogP contribution in [0.3, 0.4) is 0 Å². The maximum absolute atomic E-state index is 6.45. The zero-order chi connectivity index (χ0) is 18.4. The van der Waals surface area contributed by atoms with Gasteiger partial charge in [0.05, 0.1) is 0 Å². The smallest absolute Gasteiger partial charge is 0.0166 e. The van der Waals surface area contributed by atoms with Crippen molar-refractivity contribution < 1.29 is 0 Å². The lowest BCUT2D eigenvalue weighted by atomic mass is 9.79. The molecule has 0 heterocycles. The van der Waals surface area contributed by atoms with Crippen LogP contribution in [-0.2, 0) is 0 Å². The Kier molecular flexibility index (Phi) is 11.9. The molecule has 2 N–H and O–H groups in total. The predicted molar refractivity (Wildman–Crippen MR) is 113 cm³/mol. The first-order valence-corrected chi connectivity index (χ1v) is 10.9. The summed E-state index contributed by atoms with van der Waals surface area (Å²) in [5, 5.41) is 0. The standard InChI is InChI=1S/C24H43N/c1-4-5-6-7-8-9-10-11-12-13-14-18-21-23(24(2,3)25)22-19-16-15-17-20-22/h15-17,19-20,23H,4-14,18,21,25H2,1-3H3. The summed E-state index contributed by atoms with van der Waals surface area (Å²) in [5.41, 5.74) is 7.71. The van der Waals surface area contributed by atoms with E-state index in [2.05, 4.69) is 51.1 Å². The van der Waals surface area contributed by atoms with Gasteiger partial charge >= 0.3 is 0 Å². The van der Waals surface area contributed by atoms with Crippen LogP contribution in [0, 0.1) is 0 Å². The van der Waals surface area contributed by atoms with E-state index >= 15 is 0 Å². The molecule has 1 unspecified atom stereocenters. The van der Waals surface area contributed by atoms with Crippen LogP contribution < -0.4 is 5.73 Å². The molecular formula is C24H43N. The Labute approximate surface area is 157 Å². The van der Waals surface area contributed by atoms with Gasteiger partial charge in [0.1, 0.15) is 0 Å². The molecule has 1 atom stereocenters. The third-order valence-electron chi connectivity index (χ3n) is 5.45. The number of hydrogen-bond acceptors (Lipinski definition) is 1. The van der Waals surface area contributed by atoms with E-state index in [9.17, 15) is 0 Å². The number of benzene rings is 1. The van der Waals surface area contributed by atoms with Crippen LogP contribution in [0.2, 0.25) is 0 Å². The van der Waals surface area contributed by atoms with E-state index in [1.54, 1.807) is 0 Å². The third-order valence-corrected chi connectivity index (χ3v) is 5.45. The summed E-state index contributed by atoms with van der Waals surface area (Å²) < 4.78 is 0. The molecule has 0 bridgehead atoms. The van der Waals surface area contributed by atoms with Crippen molar-refractivity contribution in [3.63, 3.8) is 0 Å². The summed E-state index contributed by atoms with van der Waals surface area (Å²) >= 11 is 0. The predicted octanol–water partition coefficient (Wildman–Crippen LogP) is 7.60. The molecule has 25 heavy (non-hydrogen) atoms. The highest BCUT2D eigenvalue weighted by molar-refractivity contribution is 5.22. The molecule has 0 aliphatic heterocycles. The van der Waals surface area contributed by atoms with Gasteiger partial charge in [-0.1, -0.05) is 114 Å². The van der Waals surface area contributed by atoms with E-state index < -0.39 is 0 Å². The van der Waals surface area contributed by atoms with Crippen LogP contribution in [0.1, 0.15) is 116 Å². The van der Waals surface area contributed by atoms with Crippen molar-refractivity contribution in [3.8, 4) is 0 Å². The number of nitrogens with two attached hydrogens (primary N) is 1. The molecule has 0 saturated carbocycles. The van der Waals surface area contributed by atoms with Gasteiger partial charge in [0, 0.05) is 11.5 Å². The van der Waals surface area contributed by atoms with Gasteiger partial charge in [0.25, 0.3) is 0 Å². The van der Waals surface area contributed by atoms with Gasteiger partial charge in [-0.25, -0.2) is 0 Å². The van der Waals surface area contributed by atoms with Gasteiger partial charge in [-0.2, -0.15) is 0 Å². The number of hydrogen-bond donors (Lipinski definition) is 1. The first kappa shape index (κ1) is 22.2. The van der Waals surface area contributed by atoms with Crippen LogP contribution in [0.4, 0.5) is 0 Å². The molecule has 0 aliphatic rings. The van der Waals surface area contributed by atoms with Gasteiger partial charge in [0.15, 0.2) is 0 Å².